The maximum Gasteiger partial charge on any atom is 0.350 e. The van der Waals surface area contributed by atoms with Gasteiger partial charge in [0.15, 0.2) is 0 Å². The van der Waals surface area contributed by atoms with Crippen LogP contribution in [0.1, 0.15) is 59.9 Å². The zero-order chi connectivity index (χ0) is 14.0. The first-order chi connectivity index (χ1) is 8.87. The number of hydrogen-bond acceptors (Lipinski definition) is 5. The van der Waals surface area contributed by atoms with Crippen LogP contribution in [-0.2, 0) is 4.74 Å². The van der Waals surface area contributed by atoms with Crippen LogP contribution >= 0.6 is 11.3 Å². The second kappa shape index (κ2) is 5.59. The Kier molecular flexibility index (Phi) is 4.26. The highest BCUT2D eigenvalue weighted by atomic mass is 32.1. The van der Waals surface area contributed by atoms with Crippen molar-refractivity contribution in [3.63, 3.8) is 0 Å². The molecular formula is C14H22N2O2S. The van der Waals surface area contributed by atoms with E-state index in [4.69, 9.17) is 4.74 Å². The van der Waals surface area contributed by atoms with Crippen molar-refractivity contribution in [2.45, 2.75) is 52.1 Å². The van der Waals surface area contributed by atoms with Crippen LogP contribution in [-0.4, -0.2) is 29.6 Å². The smallest absolute Gasteiger partial charge is 0.350 e. The molecule has 0 amide bonds. The van der Waals surface area contributed by atoms with Crippen molar-refractivity contribution in [1.82, 2.24) is 10.3 Å². The first-order valence-electron chi connectivity index (χ1n) is 6.78. The van der Waals surface area contributed by atoms with Gasteiger partial charge in [-0.25, -0.2) is 9.78 Å². The van der Waals surface area contributed by atoms with E-state index < -0.39 is 5.60 Å². The summed E-state index contributed by atoms with van der Waals surface area (Å²) >= 11 is 1.50. The Bertz CT molecular complexity index is 457. The van der Waals surface area contributed by atoms with Gasteiger partial charge in [0.25, 0.3) is 0 Å². The number of ether oxygens (including phenoxy) is 1. The third-order valence-electron chi connectivity index (χ3n) is 3.09. The summed E-state index contributed by atoms with van der Waals surface area (Å²) < 4.78 is 5.42. The number of nitrogens with zero attached hydrogens (tertiary/aromatic N) is 1. The maximum absolute atomic E-state index is 12.1. The number of aromatic nitrogens is 1. The van der Waals surface area contributed by atoms with Gasteiger partial charge in [-0.2, -0.15) is 0 Å². The van der Waals surface area contributed by atoms with Gasteiger partial charge in [-0.15, -0.1) is 11.3 Å². The molecule has 106 valence electrons. The lowest BCUT2D eigenvalue weighted by Crippen LogP contribution is -2.26. The summed E-state index contributed by atoms with van der Waals surface area (Å²) in [6.07, 6.45) is 2.20. The fraction of sp³-hybridized carbons (Fsp3) is 0.714. The predicted octanol–water partition coefficient (Wildman–Crippen LogP) is 2.87. The van der Waals surface area contributed by atoms with Crippen molar-refractivity contribution < 1.29 is 9.53 Å². The summed E-state index contributed by atoms with van der Waals surface area (Å²) in [4.78, 5) is 17.3. The molecule has 19 heavy (non-hydrogen) atoms. The Labute approximate surface area is 118 Å². The van der Waals surface area contributed by atoms with Crippen molar-refractivity contribution in [2.75, 3.05) is 13.1 Å². The molecule has 0 radical (unpaired) electrons. The Morgan fingerprint density at radius 2 is 2.00 bits per heavy atom. The molecule has 1 aromatic heterocycles. The number of carbonyl (C=O) groups excluding carboxylic acids is 1. The molecule has 1 saturated heterocycles. The number of nitrogens with one attached hydrogen (secondary N) is 1. The van der Waals surface area contributed by atoms with Crippen molar-refractivity contribution in [3.05, 3.63) is 15.6 Å². The first kappa shape index (κ1) is 14.5. The lowest BCUT2D eigenvalue weighted by atomic mass is 9.99. The van der Waals surface area contributed by atoms with Gasteiger partial charge in [-0.3, -0.25) is 0 Å². The van der Waals surface area contributed by atoms with Crippen LogP contribution < -0.4 is 5.32 Å². The number of esters is 1. The van der Waals surface area contributed by atoms with Crippen molar-refractivity contribution in [2.24, 2.45) is 0 Å². The van der Waals surface area contributed by atoms with E-state index in [0.717, 1.165) is 36.6 Å². The van der Waals surface area contributed by atoms with Gasteiger partial charge in [-0.05, 0) is 53.6 Å². The molecule has 5 heteroatoms. The Morgan fingerprint density at radius 3 is 2.58 bits per heavy atom. The molecule has 0 bridgehead atoms. The van der Waals surface area contributed by atoms with E-state index in [1.807, 2.05) is 27.7 Å². The number of carbonyl (C=O) groups is 1. The molecule has 4 nitrogen and oxygen atoms in total. The van der Waals surface area contributed by atoms with Gasteiger partial charge in [0.1, 0.15) is 10.5 Å². The number of thiazole rings is 1. The van der Waals surface area contributed by atoms with Crippen LogP contribution in [0.15, 0.2) is 0 Å². The van der Waals surface area contributed by atoms with Gasteiger partial charge < -0.3 is 10.1 Å². The molecule has 2 heterocycles. The third kappa shape index (κ3) is 3.76. The predicted molar refractivity (Wildman–Crippen MR) is 76.9 cm³/mol. The van der Waals surface area contributed by atoms with Gasteiger partial charge in [0.05, 0.1) is 10.7 Å². The van der Waals surface area contributed by atoms with E-state index in [0.29, 0.717) is 10.8 Å². The molecule has 0 unspecified atom stereocenters. The van der Waals surface area contributed by atoms with Gasteiger partial charge >= 0.3 is 5.97 Å². The van der Waals surface area contributed by atoms with Crippen LogP contribution in [0.5, 0.6) is 0 Å². The molecule has 1 aliphatic heterocycles. The van der Waals surface area contributed by atoms with E-state index in [2.05, 4.69) is 10.3 Å². The largest absolute Gasteiger partial charge is 0.456 e. The second-order valence-electron chi connectivity index (χ2n) is 5.99. The minimum Gasteiger partial charge on any atom is -0.456 e. The lowest BCUT2D eigenvalue weighted by Gasteiger charge is -2.20. The Balaban J connectivity index is 2.14. The van der Waals surface area contributed by atoms with Crippen molar-refractivity contribution in [1.29, 1.82) is 0 Å². The van der Waals surface area contributed by atoms with Crippen LogP contribution in [0.4, 0.5) is 0 Å². The fourth-order valence-electron chi connectivity index (χ4n) is 2.17. The van der Waals surface area contributed by atoms with E-state index in [1.54, 1.807) is 0 Å². The quantitative estimate of drug-likeness (QED) is 0.847. The van der Waals surface area contributed by atoms with E-state index >= 15 is 0 Å². The van der Waals surface area contributed by atoms with Gasteiger partial charge in [0, 0.05) is 5.92 Å². The molecule has 1 N–H and O–H groups in total. The summed E-state index contributed by atoms with van der Waals surface area (Å²) in [5.41, 5.74) is 0.343. The lowest BCUT2D eigenvalue weighted by molar-refractivity contribution is 0.00742. The third-order valence-corrected chi connectivity index (χ3v) is 4.39. The monoisotopic (exact) mass is 282 g/mol. The SMILES string of the molecule is Cc1nc(C2CCNCC2)sc1C(=O)OC(C)(C)C. The maximum atomic E-state index is 12.1. The van der Waals surface area contributed by atoms with E-state index in [-0.39, 0.29) is 5.97 Å². The standard InChI is InChI=1S/C14H22N2O2S/c1-9-11(13(17)18-14(2,3)4)19-12(16-9)10-5-7-15-8-6-10/h10,15H,5-8H2,1-4H3. The second-order valence-corrected chi connectivity index (χ2v) is 7.02. The van der Waals surface area contributed by atoms with Crippen LogP contribution in [0, 0.1) is 6.92 Å². The molecule has 0 spiro atoms. The molecule has 0 aliphatic carbocycles. The Morgan fingerprint density at radius 1 is 1.37 bits per heavy atom. The number of rotatable bonds is 2. The summed E-state index contributed by atoms with van der Waals surface area (Å²) in [6.45, 7) is 9.61. The molecule has 2 rings (SSSR count). The number of hydrogen-bond donors (Lipinski definition) is 1. The molecule has 1 aromatic rings. The van der Waals surface area contributed by atoms with Crippen LogP contribution in [0.25, 0.3) is 0 Å². The van der Waals surface area contributed by atoms with Crippen LogP contribution in [0.3, 0.4) is 0 Å². The van der Waals surface area contributed by atoms with E-state index in [1.165, 1.54) is 11.3 Å². The fourth-order valence-corrected chi connectivity index (χ4v) is 3.29. The van der Waals surface area contributed by atoms with Crippen molar-refractivity contribution in [3.8, 4) is 0 Å². The minimum atomic E-state index is -0.456. The summed E-state index contributed by atoms with van der Waals surface area (Å²) in [5, 5.41) is 4.43. The number of aryl methyl sites for hydroxylation is 1. The summed E-state index contributed by atoms with van der Waals surface area (Å²) in [5.74, 6) is 0.240. The molecule has 0 aromatic carbocycles. The average molecular weight is 282 g/mol. The molecule has 0 atom stereocenters. The topological polar surface area (TPSA) is 51.2 Å². The average Bonchev–Trinajstić information content (AvgIpc) is 2.70. The van der Waals surface area contributed by atoms with Crippen molar-refractivity contribution >= 4 is 17.3 Å². The molecule has 0 saturated carbocycles. The molecular weight excluding hydrogens is 260 g/mol. The zero-order valence-electron chi connectivity index (χ0n) is 12.1. The summed E-state index contributed by atoms with van der Waals surface area (Å²) in [6, 6.07) is 0. The molecule has 1 aliphatic rings. The highest BCUT2D eigenvalue weighted by Crippen LogP contribution is 2.31. The number of piperidine rings is 1. The van der Waals surface area contributed by atoms with Crippen LogP contribution in [0.2, 0.25) is 0 Å². The minimum absolute atomic E-state index is 0.248. The van der Waals surface area contributed by atoms with Gasteiger partial charge in [-0.1, -0.05) is 0 Å². The zero-order valence-corrected chi connectivity index (χ0v) is 12.9. The normalized spacial score (nSPS) is 17.5. The Hall–Kier alpha value is -0.940. The van der Waals surface area contributed by atoms with Gasteiger partial charge in [0.2, 0.25) is 0 Å². The molecule has 1 fully saturated rings. The summed E-state index contributed by atoms with van der Waals surface area (Å²) in [7, 11) is 0. The van der Waals surface area contributed by atoms with E-state index in [9.17, 15) is 4.79 Å². The first-order valence-corrected chi connectivity index (χ1v) is 7.60. The highest BCUT2D eigenvalue weighted by Gasteiger charge is 2.25. The highest BCUT2D eigenvalue weighted by molar-refractivity contribution is 7.13.